The third-order valence-electron chi connectivity index (χ3n) is 16.8. The van der Waals surface area contributed by atoms with E-state index in [1.807, 2.05) is 0 Å². The van der Waals surface area contributed by atoms with Crippen LogP contribution < -0.4 is 27.4 Å². The van der Waals surface area contributed by atoms with Crippen LogP contribution in [0.1, 0.15) is 127 Å². The summed E-state index contributed by atoms with van der Waals surface area (Å²) in [5.41, 5.74) is 13.8. The number of nitrogens with one attached hydrogen (secondary N) is 3. The molecule has 0 bridgehead atoms. The van der Waals surface area contributed by atoms with Gasteiger partial charge in [0.25, 0.3) is 11.8 Å². The molecule has 3 saturated carbocycles. The number of anilines is 2. The van der Waals surface area contributed by atoms with Crippen LogP contribution in [0.4, 0.5) is 21.2 Å². The number of aliphatic hydroxyl groups is 4. The predicted octanol–water partition coefficient (Wildman–Crippen LogP) is -0.0347. The number of aryl methyl sites for hydroxylation is 2. The fourth-order valence-corrected chi connectivity index (χ4v) is 11.7. The van der Waals surface area contributed by atoms with Crippen molar-refractivity contribution in [2.75, 3.05) is 44.2 Å². The first-order valence-corrected chi connectivity index (χ1v) is 28.9. The van der Waals surface area contributed by atoms with Gasteiger partial charge in [-0.1, -0.05) is 0 Å². The van der Waals surface area contributed by atoms with Crippen LogP contribution in [-0.4, -0.2) is 199 Å². The Balaban J connectivity index is 0.000000172. The number of piperidine rings is 2. The minimum absolute atomic E-state index is 0.0160. The van der Waals surface area contributed by atoms with Gasteiger partial charge in [-0.15, -0.1) is 0 Å². The largest absolute Gasteiger partial charge is 0.444 e. The summed E-state index contributed by atoms with van der Waals surface area (Å²) in [5, 5.41) is 50.6. The number of nitrogens with zero attached hydrogens (tertiary/aromatic N) is 10. The molecule has 5 aliphatic heterocycles. The van der Waals surface area contributed by atoms with Gasteiger partial charge in [0.2, 0.25) is 5.91 Å². The Kier molecular flexibility index (Phi) is 17.0. The maximum Gasteiger partial charge on any atom is 0.410 e. The van der Waals surface area contributed by atoms with Crippen LogP contribution in [0, 0.1) is 11.8 Å². The zero-order valence-corrected chi connectivity index (χ0v) is 45.5. The number of ether oxygens (including phenoxy) is 4. The van der Waals surface area contributed by atoms with E-state index in [4.69, 9.17) is 30.4 Å². The lowest BCUT2D eigenvalue weighted by atomic mass is 9.91. The van der Waals surface area contributed by atoms with Crippen molar-refractivity contribution in [2.24, 2.45) is 11.8 Å². The van der Waals surface area contributed by atoms with Crippen LogP contribution in [0.2, 0.25) is 0 Å². The molecule has 29 heteroatoms. The van der Waals surface area contributed by atoms with Crippen molar-refractivity contribution < 1.29 is 68.1 Å². The van der Waals surface area contributed by atoms with E-state index in [2.05, 4.69) is 45.9 Å². The molecule has 4 aromatic rings. The number of aliphatic hydroxyl groups excluding tert-OH is 4. The fraction of sp³-hybridized carbons (Fsp3) is 0.698. The highest BCUT2D eigenvalue weighted by Gasteiger charge is 2.50. The normalized spacial score (nSPS) is 28.8. The van der Waals surface area contributed by atoms with Crippen LogP contribution in [0.15, 0.2) is 12.7 Å². The number of ketones is 1. The van der Waals surface area contributed by atoms with Gasteiger partial charge in [0.15, 0.2) is 59.5 Å². The van der Waals surface area contributed by atoms with Crippen molar-refractivity contribution in [1.82, 2.24) is 64.8 Å². The first-order valence-electron chi connectivity index (χ1n) is 28.9. The quantitative estimate of drug-likeness (QED) is 0.0711. The molecule has 5 amide bonds. The van der Waals surface area contributed by atoms with Gasteiger partial charge in [0, 0.05) is 57.5 Å². The average Bonchev–Trinajstić information content (AvgIpc) is 4.33. The lowest BCUT2D eigenvalue weighted by molar-refractivity contribution is -0.138. The van der Waals surface area contributed by atoms with Crippen molar-refractivity contribution in [2.45, 2.75) is 189 Å². The van der Waals surface area contributed by atoms with Gasteiger partial charge < -0.3 is 76.6 Å². The molecule has 0 aromatic carbocycles. The smallest absolute Gasteiger partial charge is 0.410 e. The Morgan fingerprint density at radius 3 is 1.51 bits per heavy atom. The van der Waals surface area contributed by atoms with Crippen molar-refractivity contribution in [3.8, 4) is 0 Å². The first-order chi connectivity index (χ1) is 39.5. The lowest BCUT2D eigenvalue weighted by Crippen LogP contribution is -2.43. The molecule has 8 fully saturated rings. The molecule has 11 N–H and O–H groups in total. The molecule has 12 rings (SSSR count). The van der Waals surface area contributed by atoms with E-state index in [-0.39, 0.29) is 47.9 Å². The second kappa shape index (κ2) is 24.5. The molecule has 444 valence electrons. The molecule has 5 saturated heterocycles. The molecule has 3 aliphatic carbocycles. The fourth-order valence-electron chi connectivity index (χ4n) is 11.7. The van der Waals surface area contributed by atoms with Crippen LogP contribution in [0.25, 0.3) is 22.3 Å². The van der Waals surface area contributed by atoms with Crippen molar-refractivity contribution in [1.29, 1.82) is 0 Å². The van der Waals surface area contributed by atoms with Crippen LogP contribution in [0.3, 0.4) is 0 Å². The molecule has 9 heterocycles. The van der Waals surface area contributed by atoms with Crippen LogP contribution in [-0.2, 0) is 51.0 Å². The number of aromatic nitrogens is 8. The second-order valence-electron chi connectivity index (χ2n) is 23.0. The summed E-state index contributed by atoms with van der Waals surface area (Å²) in [6.45, 7) is 2.81. The van der Waals surface area contributed by atoms with Crippen LogP contribution >= 0.6 is 0 Å². The van der Waals surface area contributed by atoms with E-state index >= 15 is 0 Å². The molecular formula is C53H73N15O14. The number of hydrogen-bond acceptors (Lipinski definition) is 22. The molecule has 29 nitrogen and oxygen atoms in total. The summed E-state index contributed by atoms with van der Waals surface area (Å²) < 4.78 is 25.4. The van der Waals surface area contributed by atoms with Gasteiger partial charge in [0.05, 0.1) is 25.6 Å². The van der Waals surface area contributed by atoms with Gasteiger partial charge in [0.1, 0.15) is 53.2 Å². The number of Topliss-reactive ketones (excluding diaryl/α,β-unsaturated/α-hetero) is 1. The van der Waals surface area contributed by atoms with Crippen molar-refractivity contribution in [3.63, 3.8) is 0 Å². The Bertz CT molecular complexity index is 3010. The highest BCUT2D eigenvalue weighted by atomic mass is 16.6. The number of carbonyl (C=O) groups excluding carboxylic acids is 6. The van der Waals surface area contributed by atoms with Crippen molar-refractivity contribution >= 4 is 69.7 Å². The zero-order valence-electron chi connectivity index (χ0n) is 45.5. The minimum Gasteiger partial charge on any atom is -0.444 e. The standard InChI is InChI=1S/C27H37N7O7.C26H36N8O7/c28-23-19-24(34(13-29-19)26-21(37)20(36)22(41-26)25(38)30-15-7-8-15)32-18(31-23)6-1-3-14-9-11-33(12-10-14)27(39)40-17-5-2-4-16(17)35;27-22-18-23(34(12-29-18)25-20(37)19(36)21(41-25)24(38)30-14-4-5-14)32-16(31-22)3-1-2-13-6-8-33(9-7-13)26(39)40-15-10-17(35)28-11-15/h13-15,17,20-22,26,36-37H,1-12H2,(H,30,38)(H2,28,31,32);12-15,19-21,25,36-37H,1-11H2,(H,28,35)(H,30,38)(H2,27,31,32)/t17?,20-,21?,22+,26-;15?,19-,20?,21+,25-/m11/s1. The molecule has 4 aromatic heterocycles. The SMILES string of the molecule is Nc1nc(CCCC2CCN(C(=O)OC3CCCC3=O)CC2)nc2c1ncn2[C@@H]1O[C@H](C(=O)NC2CC2)[C@H](O)C1O.Nc1nc(CCCC2CCN(C(=O)OC3CNC(=O)C3)CC2)nc2c1ncn2[C@@H]1O[C@H](C(=O)NC2CC2)[C@H](O)C1O. The Hall–Kier alpha value is -6.92. The number of likely N-dealkylation sites (tertiary alicyclic amines) is 2. The van der Waals surface area contributed by atoms with Crippen molar-refractivity contribution in [3.05, 3.63) is 24.3 Å². The predicted molar refractivity (Wildman–Crippen MR) is 285 cm³/mol. The Labute approximate surface area is 470 Å². The van der Waals surface area contributed by atoms with Gasteiger partial charge >= 0.3 is 12.2 Å². The third-order valence-corrected chi connectivity index (χ3v) is 16.8. The number of hydrogen-bond donors (Lipinski definition) is 9. The number of amides is 5. The number of nitrogen functional groups attached to an aromatic ring is 2. The third kappa shape index (κ3) is 12.8. The molecule has 82 heavy (non-hydrogen) atoms. The maximum atomic E-state index is 12.5. The summed E-state index contributed by atoms with van der Waals surface area (Å²) >= 11 is 0. The topological polar surface area (TPSA) is 402 Å². The van der Waals surface area contributed by atoms with Gasteiger partial charge in [-0.2, -0.15) is 0 Å². The summed E-state index contributed by atoms with van der Waals surface area (Å²) in [5.74, 6) is 1.35. The number of rotatable bonds is 16. The maximum absolute atomic E-state index is 12.5. The van der Waals surface area contributed by atoms with Gasteiger partial charge in [-0.3, -0.25) is 28.3 Å². The number of nitrogens with two attached hydrogens (primary N) is 2. The summed E-state index contributed by atoms with van der Waals surface area (Å²) in [6.07, 6.45) is 4.81. The van der Waals surface area contributed by atoms with E-state index in [1.54, 1.807) is 9.80 Å². The molecule has 8 aliphatic rings. The highest BCUT2D eigenvalue weighted by molar-refractivity contribution is 5.87. The zero-order chi connectivity index (χ0) is 57.3. The Morgan fingerprint density at radius 2 is 1.10 bits per heavy atom. The minimum atomic E-state index is -1.40. The van der Waals surface area contributed by atoms with Gasteiger partial charge in [-0.25, -0.2) is 39.5 Å². The first kappa shape index (κ1) is 56.9. The van der Waals surface area contributed by atoms with E-state index in [9.17, 15) is 49.2 Å². The monoisotopic (exact) mass is 1140 g/mol. The van der Waals surface area contributed by atoms with E-state index in [1.165, 1.54) is 21.8 Å². The second-order valence-corrected chi connectivity index (χ2v) is 23.0. The molecule has 0 radical (unpaired) electrons. The molecule has 0 spiro atoms. The lowest BCUT2D eigenvalue weighted by Gasteiger charge is -2.32. The summed E-state index contributed by atoms with van der Waals surface area (Å²) in [6, 6.07) is 0.186. The summed E-state index contributed by atoms with van der Waals surface area (Å²) in [7, 11) is 0. The van der Waals surface area contributed by atoms with E-state index in [0.717, 1.165) is 83.5 Å². The van der Waals surface area contributed by atoms with Crippen LogP contribution in [0.5, 0.6) is 0 Å². The van der Waals surface area contributed by atoms with E-state index in [0.29, 0.717) is 104 Å². The van der Waals surface area contributed by atoms with Gasteiger partial charge in [-0.05, 0) is 102 Å². The Morgan fingerprint density at radius 1 is 0.634 bits per heavy atom. The highest BCUT2D eigenvalue weighted by Crippen LogP contribution is 2.36. The number of fused-ring (bicyclic) bond motifs is 2. The number of imidazole rings is 2. The summed E-state index contributed by atoms with van der Waals surface area (Å²) in [4.78, 5) is 103. The number of carbonyl (C=O) groups is 6. The van der Waals surface area contributed by atoms with E-state index < -0.39 is 79.2 Å². The average molecular weight is 1140 g/mol. The molecule has 4 unspecified atom stereocenters. The molecule has 10 atom stereocenters. The molecular weight excluding hydrogens is 1070 g/mol.